The second-order valence-electron chi connectivity index (χ2n) is 8.99. The van der Waals surface area contributed by atoms with Crippen LogP contribution >= 0.6 is 0 Å². The molecule has 2 N–H and O–H groups in total. The highest BCUT2D eigenvalue weighted by atomic mass is 32.2. The summed E-state index contributed by atoms with van der Waals surface area (Å²) in [4.78, 5) is 4.82. The standard InChI is InChI=1S/C22H28N4O4S2/c1-15-7-11-17(12-8-15)31(27,28)25-23-19-21(3,4)20(22(19,5)6)24-26-32(29,30)18-13-9-16(2)10-14-18/h7-14,25-26H,1-6H3. The lowest BCUT2D eigenvalue weighted by atomic mass is 9.52. The van der Waals surface area contributed by atoms with Gasteiger partial charge < -0.3 is 0 Å². The van der Waals surface area contributed by atoms with Crippen LogP contribution in [0.2, 0.25) is 0 Å². The molecule has 1 aliphatic carbocycles. The van der Waals surface area contributed by atoms with E-state index in [1.54, 1.807) is 24.3 Å². The average molecular weight is 477 g/mol. The van der Waals surface area contributed by atoms with Crippen LogP contribution in [-0.2, 0) is 20.0 Å². The molecule has 1 fully saturated rings. The second-order valence-corrected chi connectivity index (χ2v) is 12.3. The molecule has 0 aliphatic heterocycles. The Morgan fingerprint density at radius 2 is 0.875 bits per heavy atom. The van der Waals surface area contributed by atoms with Crippen LogP contribution in [-0.4, -0.2) is 28.3 Å². The molecule has 32 heavy (non-hydrogen) atoms. The van der Waals surface area contributed by atoms with Gasteiger partial charge in [0.2, 0.25) is 0 Å². The summed E-state index contributed by atoms with van der Waals surface area (Å²) in [5.41, 5.74) is 1.52. The van der Waals surface area contributed by atoms with Crippen molar-refractivity contribution < 1.29 is 16.8 Å². The maximum Gasteiger partial charge on any atom is 0.276 e. The zero-order valence-corrected chi connectivity index (χ0v) is 20.6. The number of sulfonamides is 2. The van der Waals surface area contributed by atoms with Crippen LogP contribution in [0.5, 0.6) is 0 Å². The van der Waals surface area contributed by atoms with Crippen LogP contribution < -0.4 is 9.66 Å². The van der Waals surface area contributed by atoms with Gasteiger partial charge in [-0.05, 0) is 65.8 Å². The first-order valence-electron chi connectivity index (χ1n) is 10.0. The third-order valence-electron chi connectivity index (χ3n) is 5.59. The molecule has 2 aromatic carbocycles. The smallest absolute Gasteiger partial charge is 0.200 e. The summed E-state index contributed by atoms with van der Waals surface area (Å²) in [7, 11) is -7.66. The highest BCUT2D eigenvalue weighted by molar-refractivity contribution is 7.89. The highest BCUT2D eigenvalue weighted by Crippen LogP contribution is 2.48. The Bertz CT molecular complexity index is 1170. The molecule has 0 saturated heterocycles. The zero-order chi connectivity index (χ0) is 23.9. The minimum Gasteiger partial charge on any atom is -0.200 e. The number of hydrogen-bond acceptors (Lipinski definition) is 6. The summed E-state index contributed by atoms with van der Waals surface area (Å²) in [5, 5.41) is 8.38. The molecule has 0 heterocycles. The van der Waals surface area contributed by atoms with E-state index in [1.165, 1.54) is 24.3 Å². The van der Waals surface area contributed by atoms with Gasteiger partial charge in [-0.3, -0.25) is 0 Å². The highest BCUT2D eigenvalue weighted by Gasteiger charge is 2.57. The van der Waals surface area contributed by atoms with Crippen molar-refractivity contribution in [2.24, 2.45) is 21.0 Å². The molecule has 3 rings (SSSR count). The van der Waals surface area contributed by atoms with Gasteiger partial charge >= 0.3 is 0 Å². The molecule has 0 amide bonds. The minimum atomic E-state index is -3.83. The van der Waals surface area contributed by atoms with E-state index in [4.69, 9.17) is 0 Å². The quantitative estimate of drug-likeness (QED) is 0.622. The summed E-state index contributed by atoms with van der Waals surface area (Å²) >= 11 is 0. The lowest BCUT2D eigenvalue weighted by Gasteiger charge is -2.51. The first-order valence-corrected chi connectivity index (χ1v) is 13.0. The number of hydrazone groups is 2. The van der Waals surface area contributed by atoms with Crippen LogP contribution in [0.25, 0.3) is 0 Å². The van der Waals surface area contributed by atoms with Crippen LogP contribution in [0.15, 0.2) is 68.5 Å². The van der Waals surface area contributed by atoms with Gasteiger partial charge in [-0.1, -0.05) is 35.4 Å². The van der Waals surface area contributed by atoms with Gasteiger partial charge in [-0.25, -0.2) is 9.66 Å². The molecule has 0 spiro atoms. The van der Waals surface area contributed by atoms with E-state index in [0.29, 0.717) is 11.4 Å². The molecule has 0 aromatic heterocycles. The van der Waals surface area contributed by atoms with Crippen molar-refractivity contribution in [2.45, 2.75) is 51.3 Å². The van der Waals surface area contributed by atoms with Crippen molar-refractivity contribution in [3.63, 3.8) is 0 Å². The third-order valence-corrected chi connectivity index (χ3v) is 8.03. The maximum atomic E-state index is 12.6. The molecule has 1 saturated carbocycles. The van der Waals surface area contributed by atoms with Gasteiger partial charge in [0.15, 0.2) is 0 Å². The fourth-order valence-corrected chi connectivity index (χ4v) is 5.66. The van der Waals surface area contributed by atoms with E-state index in [1.807, 2.05) is 41.5 Å². The van der Waals surface area contributed by atoms with Crippen molar-refractivity contribution in [1.82, 2.24) is 9.66 Å². The molecule has 172 valence electrons. The molecule has 1 aliphatic rings. The Morgan fingerprint density at radius 1 is 0.594 bits per heavy atom. The number of nitrogens with one attached hydrogen (secondary N) is 2. The van der Waals surface area contributed by atoms with Crippen LogP contribution in [0.3, 0.4) is 0 Å². The fraction of sp³-hybridized carbons (Fsp3) is 0.364. The Morgan fingerprint density at radius 3 is 1.16 bits per heavy atom. The molecule has 2 aromatic rings. The predicted molar refractivity (Wildman–Crippen MR) is 125 cm³/mol. The molecule has 0 bridgehead atoms. The van der Waals surface area contributed by atoms with Crippen molar-refractivity contribution in [2.75, 3.05) is 0 Å². The lowest BCUT2D eigenvalue weighted by molar-refractivity contribution is 0.478. The second kappa shape index (κ2) is 8.00. The minimum absolute atomic E-state index is 0.113. The summed E-state index contributed by atoms with van der Waals surface area (Å²) in [6, 6.07) is 12.9. The Balaban J connectivity index is 1.83. The zero-order valence-electron chi connectivity index (χ0n) is 19.0. The van der Waals surface area contributed by atoms with Crippen molar-refractivity contribution in [3.05, 3.63) is 59.7 Å². The lowest BCUT2D eigenvalue weighted by Crippen LogP contribution is -2.62. The summed E-state index contributed by atoms with van der Waals surface area (Å²) in [6.45, 7) is 11.0. The van der Waals surface area contributed by atoms with Crippen LogP contribution in [0.1, 0.15) is 38.8 Å². The van der Waals surface area contributed by atoms with Crippen molar-refractivity contribution in [3.8, 4) is 0 Å². The van der Waals surface area contributed by atoms with E-state index >= 15 is 0 Å². The van der Waals surface area contributed by atoms with E-state index in [2.05, 4.69) is 19.9 Å². The van der Waals surface area contributed by atoms with E-state index < -0.39 is 30.9 Å². The molecular formula is C22H28N4O4S2. The Labute approximate surface area is 189 Å². The van der Waals surface area contributed by atoms with Crippen molar-refractivity contribution >= 4 is 31.5 Å². The SMILES string of the molecule is Cc1ccc(S(=O)(=O)NN=C2C(C)(C)C(=NNS(=O)(=O)c3ccc(C)cc3)C2(C)C)cc1. The van der Waals surface area contributed by atoms with Gasteiger partial charge in [-0.2, -0.15) is 27.0 Å². The molecule has 0 unspecified atom stereocenters. The topological polar surface area (TPSA) is 117 Å². The van der Waals surface area contributed by atoms with Gasteiger partial charge in [0.05, 0.1) is 21.2 Å². The van der Waals surface area contributed by atoms with Gasteiger partial charge in [0, 0.05) is 10.8 Å². The van der Waals surface area contributed by atoms with Crippen molar-refractivity contribution in [1.29, 1.82) is 0 Å². The molecule has 0 atom stereocenters. The largest absolute Gasteiger partial charge is 0.276 e. The Hall–Kier alpha value is -2.72. The summed E-state index contributed by atoms with van der Waals surface area (Å²) < 4.78 is 50.4. The molecule has 0 radical (unpaired) electrons. The van der Waals surface area contributed by atoms with Gasteiger partial charge in [0.1, 0.15) is 0 Å². The molecule has 10 heteroatoms. The van der Waals surface area contributed by atoms with Crippen LogP contribution in [0.4, 0.5) is 0 Å². The monoisotopic (exact) mass is 476 g/mol. The average Bonchev–Trinajstić information content (AvgIpc) is 2.67. The number of rotatable bonds is 6. The van der Waals surface area contributed by atoms with E-state index in [-0.39, 0.29) is 9.79 Å². The molecular weight excluding hydrogens is 448 g/mol. The maximum absolute atomic E-state index is 12.6. The molecule has 8 nitrogen and oxygen atoms in total. The number of aryl methyl sites for hydroxylation is 2. The summed E-state index contributed by atoms with van der Waals surface area (Å²) in [5.74, 6) is 0. The van der Waals surface area contributed by atoms with Gasteiger partial charge in [-0.15, -0.1) is 0 Å². The van der Waals surface area contributed by atoms with E-state index in [9.17, 15) is 16.8 Å². The normalized spacial score (nSPS) is 17.3. The number of benzene rings is 2. The van der Waals surface area contributed by atoms with Crippen LogP contribution in [0, 0.1) is 24.7 Å². The fourth-order valence-electron chi connectivity index (χ4n) is 4.04. The Kier molecular flexibility index (Phi) is 5.99. The van der Waals surface area contributed by atoms with E-state index in [0.717, 1.165) is 11.1 Å². The predicted octanol–water partition coefficient (Wildman–Crippen LogP) is 3.34. The number of hydrogen-bond donors (Lipinski definition) is 2. The van der Waals surface area contributed by atoms with Gasteiger partial charge in [0.25, 0.3) is 20.0 Å². The number of nitrogens with zero attached hydrogens (tertiary/aromatic N) is 2. The first kappa shape index (κ1) is 23.9. The first-order chi connectivity index (χ1) is 14.7. The summed E-state index contributed by atoms with van der Waals surface area (Å²) in [6.07, 6.45) is 0. The third kappa shape index (κ3) is 4.42.